The first kappa shape index (κ1) is 22.5. The number of carbonyl (C=O) groups is 1. The fourth-order valence-corrected chi connectivity index (χ4v) is 4.06. The van der Waals surface area contributed by atoms with Crippen molar-refractivity contribution in [2.75, 3.05) is 5.32 Å². The van der Waals surface area contributed by atoms with E-state index in [1.807, 2.05) is 24.3 Å². The minimum Gasteiger partial charge on any atom is -0.456 e. The van der Waals surface area contributed by atoms with Gasteiger partial charge in [-0.05, 0) is 83.3 Å². The number of furan rings is 1. The third-order valence-corrected chi connectivity index (χ3v) is 5.79. The number of hydrogen-bond donors (Lipinski definition) is 1. The molecular weight excluding hydrogens is 561 g/mol. The van der Waals surface area contributed by atoms with Crippen LogP contribution in [0.15, 0.2) is 93.8 Å². The van der Waals surface area contributed by atoms with Crippen molar-refractivity contribution in [3.63, 3.8) is 0 Å². The van der Waals surface area contributed by atoms with Crippen molar-refractivity contribution in [1.29, 1.82) is 0 Å². The molecule has 0 saturated heterocycles. The number of rotatable bonds is 6. The molecular formula is C26H16IN3O5. The Morgan fingerprint density at radius 1 is 1.00 bits per heavy atom. The first-order valence-corrected chi connectivity index (χ1v) is 11.5. The minimum absolute atomic E-state index is 0.0523. The molecule has 3 aromatic carbocycles. The highest BCUT2D eigenvalue weighted by Crippen LogP contribution is 2.31. The summed E-state index contributed by atoms with van der Waals surface area (Å²) in [5.74, 6) is 0.878. The molecule has 0 aliphatic heterocycles. The van der Waals surface area contributed by atoms with Gasteiger partial charge < -0.3 is 14.2 Å². The molecule has 0 aliphatic rings. The number of carbonyl (C=O) groups excluding carboxylic acids is 1. The molecule has 0 bridgehead atoms. The second-order valence-corrected chi connectivity index (χ2v) is 8.76. The fraction of sp³-hybridized carbons (Fsp3) is 0. The molecule has 0 spiro atoms. The van der Waals surface area contributed by atoms with E-state index in [0.717, 1.165) is 9.13 Å². The van der Waals surface area contributed by atoms with Crippen LogP contribution in [0.1, 0.15) is 5.76 Å². The van der Waals surface area contributed by atoms with Crippen LogP contribution >= 0.6 is 22.6 Å². The van der Waals surface area contributed by atoms with E-state index in [1.165, 1.54) is 18.2 Å². The molecule has 8 nitrogen and oxygen atoms in total. The second-order valence-electron chi connectivity index (χ2n) is 7.51. The van der Waals surface area contributed by atoms with Gasteiger partial charge in [0, 0.05) is 27.0 Å². The van der Waals surface area contributed by atoms with Gasteiger partial charge in [0.15, 0.2) is 5.58 Å². The van der Waals surface area contributed by atoms with E-state index in [1.54, 1.807) is 48.5 Å². The van der Waals surface area contributed by atoms with E-state index in [9.17, 15) is 14.9 Å². The van der Waals surface area contributed by atoms with Crippen LogP contribution in [0.25, 0.3) is 40.0 Å². The molecule has 0 unspecified atom stereocenters. The van der Waals surface area contributed by atoms with Crippen LogP contribution in [-0.4, -0.2) is 15.8 Å². The van der Waals surface area contributed by atoms with Crippen LogP contribution < -0.4 is 5.32 Å². The monoisotopic (exact) mass is 577 g/mol. The van der Waals surface area contributed by atoms with Crippen molar-refractivity contribution < 1.29 is 18.6 Å². The lowest BCUT2D eigenvalue weighted by molar-refractivity contribution is -0.384. The number of hydrogen-bond acceptors (Lipinski definition) is 6. The van der Waals surface area contributed by atoms with E-state index in [2.05, 4.69) is 32.9 Å². The molecule has 1 N–H and O–H groups in total. The number of benzene rings is 3. The van der Waals surface area contributed by atoms with E-state index >= 15 is 0 Å². The second kappa shape index (κ2) is 9.55. The Kier molecular flexibility index (Phi) is 6.15. The van der Waals surface area contributed by atoms with Crippen LogP contribution in [0.4, 0.5) is 11.4 Å². The van der Waals surface area contributed by atoms with Gasteiger partial charge in [0.2, 0.25) is 11.8 Å². The van der Waals surface area contributed by atoms with Gasteiger partial charge in [0.1, 0.15) is 17.0 Å². The van der Waals surface area contributed by atoms with Crippen molar-refractivity contribution in [2.45, 2.75) is 0 Å². The van der Waals surface area contributed by atoms with Crippen molar-refractivity contribution in [3.8, 4) is 22.8 Å². The SMILES string of the molecule is O=C(/C=C/c1ccc(-c2ccccc2[N+](=O)[O-])o1)Nc1ccc2oc(-c3cccc(I)c3)nc2c1. The quantitative estimate of drug-likeness (QED) is 0.102. The smallest absolute Gasteiger partial charge is 0.280 e. The highest BCUT2D eigenvalue weighted by Gasteiger charge is 2.17. The average Bonchev–Trinajstić information content (AvgIpc) is 3.50. The summed E-state index contributed by atoms with van der Waals surface area (Å²) in [7, 11) is 0. The number of oxazole rings is 1. The van der Waals surface area contributed by atoms with Gasteiger partial charge in [0.05, 0.1) is 10.5 Å². The maximum atomic E-state index is 12.4. The van der Waals surface area contributed by atoms with Crippen LogP contribution in [0.2, 0.25) is 0 Å². The van der Waals surface area contributed by atoms with Crippen LogP contribution in [0, 0.1) is 13.7 Å². The molecule has 1 amide bonds. The molecule has 172 valence electrons. The summed E-state index contributed by atoms with van der Waals surface area (Å²) in [4.78, 5) is 27.8. The van der Waals surface area contributed by atoms with Crippen LogP contribution in [-0.2, 0) is 4.79 Å². The van der Waals surface area contributed by atoms with E-state index in [0.29, 0.717) is 39.8 Å². The van der Waals surface area contributed by atoms with Gasteiger partial charge in [-0.3, -0.25) is 14.9 Å². The molecule has 0 aliphatic carbocycles. The maximum absolute atomic E-state index is 12.4. The number of para-hydroxylation sites is 1. The number of halogens is 1. The Morgan fingerprint density at radius 2 is 1.86 bits per heavy atom. The summed E-state index contributed by atoms with van der Waals surface area (Å²) in [6.45, 7) is 0. The molecule has 0 fully saturated rings. The number of nitro groups is 1. The lowest BCUT2D eigenvalue weighted by atomic mass is 10.1. The molecule has 0 atom stereocenters. The van der Waals surface area contributed by atoms with Gasteiger partial charge >= 0.3 is 0 Å². The average molecular weight is 577 g/mol. The van der Waals surface area contributed by atoms with Gasteiger partial charge in [-0.2, -0.15) is 0 Å². The lowest BCUT2D eigenvalue weighted by Crippen LogP contribution is -2.07. The zero-order chi connectivity index (χ0) is 24.4. The highest BCUT2D eigenvalue weighted by atomic mass is 127. The van der Waals surface area contributed by atoms with Crippen LogP contribution in [0.3, 0.4) is 0 Å². The predicted molar refractivity (Wildman–Crippen MR) is 141 cm³/mol. The first-order valence-electron chi connectivity index (χ1n) is 10.5. The molecule has 9 heteroatoms. The standard InChI is InChI=1S/C26H16IN3O5/c27-17-5-3-4-16(14-17)26-29-21-15-18(8-11-24(21)35-26)28-25(31)13-10-19-9-12-23(34-19)20-6-1-2-7-22(20)30(32)33/h1-15H,(H,28,31)/b13-10+. The maximum Gasteiger partial charge on any atom is 0.280 e. The highest BCUT2D eigenvalue weighted by molar-refractivity contribution is 14.1. The Morgan fingerprint density at radius 3 is 2.69 bits per heavy atom. The third-order valence-electron chi connectivity index (χ3n) is 5.12. The number of nitrogens with zero attached hydrogens (tertiary/aromatic N) is 2. The summed E-state index contributed by atoms with van der Waals surface area (Å²) >= 11 is 2.23. The summed E-state index contributed by atoms with van der Waals surface area (Å²) in [5.41, 5.74) is 3.00. The molecule has 0 radical (unpaired) electrons. The number of nitrogens with one attached hydrogen (secondary N) is 1. The van der Waals surface area contributed by atoms with Crippen molar-refractivity contribution in [1.82, 2.24) is 4.98 Å². The molecule has 5 rings (SSSR count). The molecule has 2 heterocycles. The number of aromatic nitrogens is 1. The van der Waals surface area contributed by atoms with E-state index in [-0.39, 0.29) is 11.6 Å². The number of fused-ring (bicyclic) bond motifs is 1. The van der Waals surface area contributed by atoms with Gasteiger partial charge in [-0.25, -0.2) is 4.98 Å². The Bertz CT molecular complexity index is 1600. The Balaban J connectivity index is 1.29. The fourth-order valence-electron chi connectivity index (χ4n) is 3.52. The van der Waals surface area contributed by atoms with Crippen molar-refractivity contribution in [2.24, 2.45) is 0 Å². The van der Waals surface area contributed by atoms with Crippen LogP contribution in [0.5, 0.6) is 0 Å². The first-order chi connectivity index (χ1) is 17.0. The van der Waals surface area contributed by atoms with Crippen molar-refractivity contribution >= 4 is 57.0 Å². The normalized spacial score (nSPS) is 11.2. The topological polar surface area (TPSA) is 111 Å². The Labute approximate surface area is 212 Å². The largest absolute Gasteiger partial charge is 0.456 e. The van der Waals surface area contributed by atoms with Gasteiger partial charge in [-0.15, -0.1) is 0 Å². The zero-order valence-electron chi connectivity index (χ0n) is 18.0. The number of amides is 1. The lowest BCUT2D eigenvalue weighted by Gasteiger charge is -2.01. The number of nitro benzene ring substituents is 1. The van der Waals surface area contributed by atoms with Crippen molar-refractivity contribution in [3.05, 3.63) is 104 Å². The van der Waals surface area contributed by atoms with E-state index in [4.69, 9.17) is 8.83 Å². The molecule has 35 heavy (non-hydrogen) atoms. The summed E-state index contributed by atoms with van der Waals surface area (Å²) in [5, 5.41) is 14.0. The molecule has 5 aromatic rings. The minimum atomic E-state index is -0.462. The molecule has 2 aromatic heterocycles. The number of anilines is 1. The third kappa shape index (κ3) is 4.99. The zero-order valence-corrected chi connectivity index (χ0v) is 20.1. The van der Waals surface area contributed by atoms with Gasteiger partial charge in [-0.1, -0.05) is 18.2 Å². The van der Waals surface area contributed by atoms with Gasteiger partial charge in [0.25, 0.3) is 5.69 Å². The molecule has 0 saturated carbocycles. The summed E-state index contributed by atoms with van der Waals surface area (Å²) in [6.07, 6.45) is 2.82. The summed E-state index contributed by atoms with van der Waals surface area (Å²) in [6, 6.07) is 22.6. The Hall–Kier alpha value is -4.25. The summed E-state index contributed by atoms with van der Waals surface area (Å²) < 4.78 is 12.6. The predicted octanol–water partition coefficient (Wildman–Crippen LogP) is 6.92. The van der Waals surface area contributed by atoms with E-state index < -0.39 is 4.92 Å².